The minimum absolute atomic E-state index is 0. The summed E-state index contributed by atoms with van der Waals surface area (Å²) in [6.07, 6.45) is 0. The van der Waals surface area contributed by atoms with E-state index in [0.29, 0.717) is 0 Å². The van der Waals surface area contributed by atoms with E-state index in [-0.39, 0.29) is 51.4 Å². The van der Waals surface area contributed by atoms with Crippen molar-refractivity contribution >= 4 is 20.8 Å². The van der Waals surface area contributed by atoms with E-state index in [1.54, 1.807) is 0 Å². The monoisotopic (exact) mass is 152 g/mol. The molecule has 0 aromatic rings. The van der Waals surface area contributed by atoms with Crippen LogP contribution in [0.25, 0.3) is 0 Å². The van der Waals surface area contributed by atoms with E-state index in [4.69, 9.17) is 13.0 Å². The maximum atomic E-state index is 9.00. The maximum Gasteiger partial charge on any atom is 1.00 e. The summed E-state index contributed by atoms with van der Waals surface area (Å²) < 4.78 is 25.3. The van der Waals surface area contributed by atoms with E-state index in [1.807, 2.05) is 0 Å². The smallest absolute Gasteiger partial charge is 0.619 e. The third-order valence-electron chi connectivity index (χ3n) is 0. The van der Waals surface area contributed by atoms with Crippen LogP contribution in [0.3, 0.4) is 0 Å². The molecular weight excluding hydrogens is 151 g/mol. The van der Waals surface area contributed by atoms with Crippen LogP contribution in [-0.4, -0.2) is 13.0 Å². The predicted molar refractivity (Wildman–Crippen MR) is 18.9 cm³/mol. The van der Waals surface area contributed by atoms with E-state index in [9.17, 15) is 0 Å². The number of rotatable bonds is 0. The second-order valence-corrected chi connectivity index (χ2v) is 2.55. The summed E-state index contributed by atoms with van der Waals surface area (Å²) in [6, 6.07) is 0. The Hall–Kier alpha value is 1.90. The molecule has 0 bridgehead atoms. The fraction of sp³-hybridized carbons (Fsp3) is 0. The van der Waals surface area contributed by atoms with Gasteiger partial charge < -0.3 is 16.2 Å². The molecule has 0 unspecified atom stereocenters. The van der Waals surface area contributed by atoms with Crippen molar-refractivity contribution < 1.29 is 64.4 Å². The van der Waals surface area contributed by atoms with Gasteiger partial charge in [-0.3, -0.25) is 0 Å². The summed E-state index contributed by atoms with van der Waals surface area (Å²) >= 11 is 3.35. The molecule has 0 atom stereocenters. The van der Waals surface area contributed by atoms with Crippen molar-refractivity contribution in [2.75, 3.05) is 0 Å². The summed E-state index contributed by atoms with van der Waals surface area (Å²) in [6.45, 7) is 0. The Bertz CT molecular complexity index is 92.0. The molecule has 6 heavy (non-hydrogen) atoms. The van der Waals surface area contributed by atoms with Gasteiger partial charge in [0.1, 0.15) is 9.15 Å². The average Bonchev–Trinajstić information content (AvgIpc) is 0.722. The Morgan fingerprint density at radius 3 is 1.50 bits per heavy atom. The molecule has 0 aliphatic carbocycles. The Morgan fingerprint density at radius 2 is 1.50 bits per heavy atom. The zero-order valence-corrected chi connectivity index (χ0v) is 7.84. The van der Waals surface area contributed by atoms with Gasteiger partial charge in [0.2, 0.25) is 0 Å². The topological polar surface area (TPSA) is 54.4 Å². The van der Waals surface area contributed by atoms with Crippen LogP contribution in [0.1, 0.15) is 0 Å². The van der Waals surface area contributed by atoms with Crippen molar-refractivity contribution in [2.24, 2.45) is 0 Å². The Morgan fingerprint density at radius 1 is 1.50 bits per heavy atom. The van der Waals surface area contributed by atoms with E-state index in [1.165, 1.54) is 0 Å². The van der Waals surface area contributed by atoms with Gasteiger partial charge in [0.25, 0.3) is 0 Å². The van der Waals surface area contributed by atoms with Gasteiger partial charge in [-0.05, 0) is 0 Å². The zero-order valence-electron chi connectivity index (χ0n) is 3.08. The van der Waals surface area contributed by atoms with E-state index < -0.39 is 9.15 Å². The molecule has 0 aromatic carbocycles. The minimum atomic E-state index is -4.08. The van der Waals surface area contributed by atoms with Crippen molar-refractivity contribution in [1.82, 2.24) is 0 Å². The van der Waals surface area contributed by atoms with Crippen LogP contribution < -0.4 is 51.4 Å². The van der Waals surface area contributed by atoms with Gasteiger partial charge in [0.15, 0.2) is 0 Å². The molecule has 1 N–H and O–H groups in total. The standard InChI is InChI=1S/K.H2O3S2/c;1-5(2,3)4/h;(H2,1,2,3,4)/q+1;/p-1. The zero-order chi connectivity index (χ0) is 4.50. The summed E-state index contributed by atoms with van der Waals surface area (Å²) in [5.41, 5.74) is 0. The largest absolute Gasteiger partial charge is 1.00 e. The van der Waals surface area contributed by atoms with Gasteiger partial charge in [0, 0.05) is 0 Å². The van der Waals surface area contributed by atoms with Crippen LogP contribution in [0.5, 0.6) is 0 Å². The fourth-order valence-electron chi connectivity index (χ4n) is 0. The normalized spacial score (nSPS) is 9.67. The molecule has 0 saturated carbocycles. The molecule has 0 rings (SSSR count). The molecule has 0 aliphatic rings. The third kappa shape index (κ3) is 39.3. The number of hydrogen-bond acceptors (Lipinski definition) is 3. The summed E-state index contributed by atoms with van der Waals surface area (Å²) in [7, 11) is -4.08. The molecule has 0 radical (unpaired) electrons. The van der Waals surface area contributed by atoms with E-state index in [2.05, 4.69) is 11.7 Å². The van der Waals surface area contributed by atoms with E-state index in [0.717, 1.165) is 0 Å². The molecule has 0 saturated heterocycles. The molecule has 0 spiro atoms. The first kappa shape index (κ1) is 10.8. The molecular formula is HKO3S2. The number of hydrogen-bond donors (Lipinski definition) is 1. The van der Waals surface area contributed by atoms with Gasteiger partial charge in [-0.15, -0.1) is 0 Å². The van der Waals surface area contributed by atoms with Crippen molar-refractivity contribution in [3.63, 3.8) is 0 Å². The Kier molecular flexibility index (Phi) is 6.92. The second kappa shape index (κ2) is 3.85. The van der Waals surface area contributed by atoms with Crippen LogP contribution in [0.15, 0.2) is 0 Å². The predicted octanol–water partition coefficient (Wildman–Crippen LogP) is -3.66. The van der Waals surface area contributed by atoms with Gasteiger partial charge in [-0.25, -0.2) is 8.42 Å². The molecule has 0 aromatic heterocycles. The van der Waals surface area contributed by atoms with Gasteiger partial charge in [-0.2, -0.15) is 0 Å². The fourth-order valence-corrected chi connectivity index (χ4v) is 0. The molecule has 3 nitrogen and oxygen atoms in total. The van der Waals surface area contributed by atoms with Crippen LogP contribution in [0.4, 0.5) is 0 Å². The Balaban J connectivity index is 0. The summed E-state index contributed by atoms with van der Waals surface area (Å²) in [5, 5.41) is 0. The van der Waals surface area contributed by atoms with Gasteiger partial charge >= 0.3 is 51.4 Å². The van der Waals surface area contributed by atoms with Gasteiger partial charge in [0.05, 0.1) is 0 Å². The summed E-state index contributed by atoms with van der Waals surface area (Å²) in [5.74, 6) is 0. The molecule has 32 valence electrons. The van der Waals surface area contributed by atoms with Crippen LogP contribution in [0, 0.1) is 0 Å². The third-order valence-corrected chi connectivity index (χ3v) is 0. The quantitative estimate of drug-likeness (QED) is 0.168. The molecule has 6 heteroatoms. The van der Waals surface area contributed by atoms with Crippen LogP contribution >= 0.6 is 0 Å². The molecule has 0 heterocycles. The summed E-state index contributed by atoms with van der Waals surface area (Å²) in [4.78, 5) is 0. The van der Waals surface area contributed by atoms with Crippen molar-refractivity contribution in [3.05, 3.63) is 0 Å². The van der Waals surface area contributed by atoms with Gasteiger partial charge in [-0.1, -0.05) is 0 Å². The molecule has 0 fully saturated rings. The first-order valence-electron chi connectivity index (χ1n) is 0.683. The SMILES string of the molecule is O=S(=O)(O)[S-].[K+]. The maximum absolute atomic E-state index is 9.00. The van der Waals surface area contributed by atoms with E-state index >= 15 is 0 Å². The first-order valence-corrected chi connectivity index (χ1v) is 3.05. The molecule has 0 aliphatic heterocycles. The minimum Gasteiger partial charge on any atom is -0.619 e. The second-order valence-electron chi connectivity index (χ2n) is 0.428. The van der Waals surface area contributed by atoms with Crippen molar-refractivity contribution in [3.8, 4) is 0 Å². The Labute approximate surface area is 83.5 Å². The van der Waals surface area contributed by atoms with Crippen molar-refractivity contribution in [1.29, 1.82) is 0 Å². The van der Waals surface area contributed by atoms with Crippen LogP contribution in [0.2, 0.25) is 0 Å². The molecule has 0 amide bonds. The van der Waals surface area contributed by atoms with Crippen molar-refractivity contribution in [2.45, 2.75) is 0 Å². The average molecular weight is 152 g/mol. The van der Waals surface area contributed by atoms with Crippen LogP contribution in [-0.2, 0) is 20.8 Å². The first-order chi connectivity index (χ1) is 2.00.